The lowest BCUT2D eigenvalue weighted by molar-refractivity contribution is 0.826. The van der Waals surface area contributed by atoms with Crippen molar-refractivity contribution in [3.8, 4) is 0 Å². The summed E-state index contributed by atoms with van der Waals surface area (Å²) < 4.78 is 0. The zero-order chi connectivity index (χ0) is 5.11. The number of hydrogen-bond donors (Lipinski definition) is 1. The summed E-state index contributed by atoms with van der Waals surface area (Å²) in [7, 11) is 0. The average Bonchev–Trinajstić information content (AvgIpc) is 1.69. The van der Waals surface area contributed by atoms with E-state index < -0.39 is 0 Å². The maximum atomic E-state index is 5.50. The summed E-state index contributed by atoms with van der Waals surface area (Å²) in [6.07, 6.45) is 9.07. The van der Waals surface area contributed by atoms with Crippen LogP contribution in [0.4, 0.5) is 0 Å². The highest BCUT2D eigenvalue weighted by atomic mass is 14.6. The molecule has 0 aromatic heterocycles. The molecule has 1 aliphatic rings. The van der Waals surface area contributed by atoms with Gasteiger partial charge in [0.25, 0.3) is 0 Å². The molecule has 0 radical (unpaired) electrons. The Kier molecular flexibility index (Phi) is 1.27. The van der Waals surface area contributed by atoms with E-state index in [-0.39, 0.29) is 6.04 Å². The lowest BCUT2D eigenvalue weighted by Crippen LogP contribution is -2.16. The molecule has 0 saturated heterocycles. The van der Waals surface area contributed by atoms with Crippen molar-refractivity contribution in [2.75, 3.05) is 0 Å². The van der Waals surface area contributed by atoms with Crippen molar-refractivity contribution in [2.24, 2.45) is 5.73 Å². The van der Waals surface area contributed by atoms with Crippen LogP contribution in [0.2, 0.25) is 0 Å². The van der Waals surface area contributed by atoms with Crippen molar-refractivity contribution < 1.29 is 0 Å². The summed E-state index contributed by atoms with van der Waals surface area (Å²) in [4.78, 5) is 0. The first kappa shape index (κ1) is 4.60. The molecule has 0 fully saturated rings. The minimum absolute atomic E-state index is 0.269. The predicted octanol–water partition coefficient (Wildman–Crippen LogP) is 0.830. The highest BCUT2D eigenvalue weighted by molar-refractivity contribution is 5.12. The molecule has 1 aliphatic carbocycles. The van der Waals surface area contributed by atoms with Gasteiger partial charge < -0.3 is 5.73 Å². The van der Waals surface area contributed by atoms with Gasteiger partial charge in [0.1, 0.15) is 0 Å². The second-order valence-electron chi connectivity index (χ2n) is 1.71. The average molecular weight is 95.1 g/mol. The van der Waals surface area contributed by atoms with Crippen LogP contribution in [0.3, 0.4) is 0 Å². The van der Waals surface area contributed by atoms with Crippen molar-refractivity contribution in [3.05, 3.63) is 24.3 Å². The third-order valence-electron chi connectivity index (χ3n) is 1.01. The fraction of sp³-hybridized carbons (Fsp3) is 0.333. The van der Waals surface area contributed by atoms with E-state index >= 15 is 0 Å². The molecular formula is C6H9N. The highest BCUT2D eigenvalue weighted by Gasteiger charge is 1.93. The van der Waals surface area contributed by atoms with E-state index in [1.54, 1.807) is 0 Å². The Balaban J connectivity index is 2.49. The number of hydrogen-bond acceptors (Lipinski definition) is 1. The molecule has 0 aliphatic heterocycles. The highest BCUT2D eigenvalue weighted by Crippen LogP contribution is 1.97. The molecule has 0 aromatic carbocycles. The largest absolute Gasteiger partial charge is 0.324 e. The lowest BCUT2D eigenvalue weighted by atomic mass is 10.1. The Labute approximate surface area is 43.5 Å². The first-order valence-electron chi connectivity index (χ1n) is 2.48. The predicted molar refractivity (Wildman–Crippen MR) is 30.9 cm³/mol. The van der Waals surface area contributed by atoms with E-state index in [9.17, 15) is 0 Å². The van der Waals surface area contributed by atoms with Gasteiger partial charge in [-0.05, 0) is 6.42 Å². The minimum atomic E-state index is 0.269. The molecule has 1 nitrogen and oxygen atoms in total. The molecule has 38 valence electrons. The van der Waals surface area contributed by atoms with Gasteiger partial charge in [0.15, 0.2) is 0 Å². The van der Waals surface area contributed by atoms with Gasteiger partial charge in [-0.1, -0.05) is 24.3 Å². The van der Waals surface area contributed by atoms with Gasteiger partial charge in [0.2, 0.25) is 0 Å². The SMILES string of the molecule is N[C@@H]1C=CC=CC1. The monoisotopic (exact) mass is 95.1 g/mol. The van der Waals surface area contributed by atoms with Crippen LogP contribution in [0.5, 0.6) is 0 Å². The molecule has 1 atom stereocenters. The Morgan fingerprint density at radius 3 is 2.57 bits per heavy atom. The molecule has 0 spiro atoms. The topological polar surface area (TPSA) is 26.0 Å². The molecular weight excluding hydrogens is 86.1 g/mol. The van der Waals surface area contributed by atoms with Crippen LogP contribution in [-0.2, 0) is 0 Å². The fourth-order valence-corrected chi connectivity index (χ4v) is 0.600. The van der Waals surface area contributed by atoms with E-state index in [0.717, 1.165) is 6.42 Å². The lowest BCUT2D eigenvalue weighted by Gasteiger charge is -2.02. The van der Waals surface area contributed by atoms with Crippen molar-refractivity contribution >= 4 is 0 Å². The number of allylic oxidation sites excluding steroid dienone is 2. The van der Waals surface area contributed by atoms with Crippen LogP contribution in [0, 0.1) is 0 Å². The van der Waals surface area contributed by atoms with Crippen LogP contribution >= 0.6 is 0 Å². The molecule has 0 amide bonds. The maximum absolute atomic E-state index is 5.50. The van der Waals surface area contributed by atoms with Crippen LogP contribution in [0.25, 0.3) is 0 Å². The van der Waals surface area contributed by atoms with E-state index in [0.29, 0.717) is 0 Å². The normalized spacial score (nSPS) is 28.4. The van der Waals surface area contributed by atoms with E-state index in [1.807, 2.05) is 18.2 Å². The summed E-state index contributed by atoms with van der Waals surface area (Å²) in [5, 5.41) is 0. The van der Waals surface area contributed by atoms with E-state index in [2.05, 4.69) is 6.08 Å². The summed E-state index contributed by atoms with van der Waals surface area (Å²) in [5.41, 5.74) is 5.50. The zero-order valence-corrected chi connectivity index (χ0v) is 4.17. The third-order valence-corrected chi connectivity index (χ3v) is 1.01. The van der Waals surface area contributed by atoms with Gasteiger partial charge >= 0.3 is 0 Å². The van der Waals surface area contributed by atoms with Crippen molar-refractivity contribution in [2.45, 2.75) is 12.5 Å². The summed E-state index contributed by atoms with van der Waals surface area (Å²) in [5.74, 6) is 0. The second-order valence-corrected chi connectivity index (χ2v) is 1.71. The Morgan fingerprint density at radius 1 is 1.43 bits per heavy atom. The third kappa shape index (κ3) is 1.16. The number of rotatable bonds is 0. The molecule has 0 heterocycles. The molecule has 7 heavy (non-hydrogen) atoms. The van der Waals surface area contributed by atoms with E-state index in [4.69, 9.17) is 5.73 Å². The summed E-state index contributed by atoms with van der Waals surface area (Å²) >= 11 is 0. The Hall–Kier alpha value is -0.560. The smallest absolute Gasteiger partial charge is 0.0261 e. The Morgan fingerprint density at radius 2 is 2.29 bits per heavy atom. The quantitative estimate of drug-likeness (QED) is 0.474. The van der Waals surface area contributed by atoms with Gasteiger partial charge in [-0.3, -0.25) is 0 Å². The number of nitrogens with two attached hydrogens (primary N) is 1. The first-order chi connectivity index (χ1) is 3.39. The zero-order valence-electron chi connectivity index (χ0n) is 4.17. The molecule has 0 aromatic rings. The van der Waals surface area contributed by atoms with E-state index in [1.165, 1.54) is 0 Å². The summed E-state index contributed by atoms with van der Waals surface area (Å²) in [6, 6.07) is 0.269. The van der Waals surface area contributed by atoms with Crippen molar-refractivity contribution in [1.29, 1.82) is 0 Å². The van der Waals surface area contributed by atoms with Crippen LogP contribution in [-0.4, -0.2) is 6.04 Å². The van der Waals surface area contributed by atoms with Crippen LogP contribution in [0.15, 0.2) is 24.3 Å². The van der Waals surface area contributed by atoms with Gasteiger partial charge in [-0.2, -0.15) is 0 Å². The van der Waals surface area contributed by atoms with Gasteiger partial charge in [-0.15, -0.1) is 0 Å². The fourth-order valence-electron chi connectivity index (χ4n) is 0.600. The Bertz CT molecular complexity index is 103. The van der Waals surface area contributed by atoms with Gasteiger partial charge in [0.05, 0.1) is 0 Å². The summed E-state index contributed by atoms with van der Waals surface area (Å²) in [6.45, 7) is 0. The van der Waals surface area contributed by atoms with Gasteiger partial charge in [0, 0.05) is 6.04 Å². The van der Waals surface area contributed by atoms with Crippen molar-refractivity contribution in [3.63, 3.8) is 0 Å². The molecule has 2 N–H and O–H groups in total. The minimum Gasteiger partial charge on any atom is -0.324 e. The molecule has 1 rings (SSSR count). The van der Waals surface area contributed by atoms with Gasteiger partial charge in [-0.25, -0.2) is 0 Å². The molecule has 0 bridgehead atoms. The van der Waals surface area contributed by atoms with Crippen LogP contribution in [0.1, 0.15) is 6.42 Å². The first-order valence-corrected chi connectivity index (χ1v) is 2.48. The van der Waals surface area contributed by atoms with Crippen molar-refractivity contribution in [1.82, 2.24) is 0 Å². The standard InChI is InChI=1S/C6H9N/c7-6-4-2-1-3-5-6/h1-4,6H,5,7H2/t6-/m1/s1. The van der Waals surface area contributed by atoms with Crippen LogP contribution < -0.4 is 5.73 Å². The maximum Gasteiger partial charge on any atom is 0.0261 e. The molecule has 0 unspecified atom stereocenters. The molecule has 1 heteroatoms. The second kappa shape index (κ2) is 1.94. The molecule has 0 saturated carbocycles.